The van der Waals surface area contributed by atoms with Crippen LogP contribution in [-0.4, -0.2) is 16.8 Å². The Bertz CT molecular complexity index is 856. The van der Waals surface area contributed by atoms with Crippen LogP contribution in [0.4, 0.5) is 0 Å². The third kappa shape index (κ3) is 2.41. The molecule has 21 heavy (non-hydrogen) atoms. The quantitative estimate of drug-likeness (QED) is 0.627. The fourth-order valence-electron chi connectivity index (χ4n) is 2.29. The van der Waals surface area contributed by atoms with E-state index >= 15 is 0 Å². The van der Waals surface area contributed by atoms with Crippen molar-refractivity contribution < 1.29 is 9.59 Å². The Hall–Kier alpha value is -1.91. The molecular weight excluding hydrogens is 354 g/mol. The Morgan fingerprint density at radius 1 is 1.19 bits per heavy atom. The van der Waals surface area contributed by atoms with E-state index < -0.39 is 0 Å². The molecule has 5 heteroatoms. The molecule has 1 aromatic heterocycles. The predicted octanol–water partition coefficient (Wildman–Crippen LogP) is 4.56. The minimum atomic E-state index is -0.206. The monoisotopic (exact) mass is 361 g/mol. The van der Waals surface area contributed by atoms with Gasteiger partial charge in [-0.05, 0) is 24.3 Å². The smallest absolute Gasteiger partial charge is 0.262 e. The summed E-state index contributed by atoms with van der Waals surface area (Å²) in [5.74, 6) is -0.206. The maximum Gasteiger partial charge on any atom is 0.262 e. The van der Waals surface area contributed by atoms with Crippen molar-refractivity contribution in [2.24, 2.45) is 0 Å². The topological polar surface area (TPSA) is 39.1 Å². The van der Waals surface area contributed by atoms with Crippen LogP contribution in [-0.2, 0) is 0 Å². The molecule has 0 saturated carbocycles. The van der Waals surface area contributed by atoms with E-state index in [9.17, 15) is 9.59 Å². The maximum atomic E-state index is 12.6. The van der Waals surface area contributed by atoms with Crippen molar-refractivity contribution in [3.05, 3.63) is 69.3 Å². The zero-order valence-electron chi connectivity index (χ0n) is 10.7. The van der Waals surface area contributed by atoms with Crippen LogP contribution >= 0.6 is 27.5 Å². The van der Waals surface area contributed by atoms with E-state index in [1.165, 1.54) is 10.8 Å². The fraction of sp³-hybridized carbons (Fsp3) is 0. The van der Waals surface area contributed by atoms with E-state index in [2.05, 4.69) is 15.9 Å². The number of hydrogen-bond donors (Lipinski definition) is 0. The molecule has 0 N–H and O–H groups in total. The molecule has 3 aromatic rings. The first-order chi connectivity index (χ1) is 10.1. The molecule has 0 aliphatic carbocycles. The molecule has 0 spiro atoms. The van der Waals surface area contributed by atoms with E-state index in [0.717, 1.165) is 6.29 Å². The normalized spacial score (nSPS) is 10.8. The molecule has 0 radical (unpaired) electrons. The number of carbonyl (C=O) groups is 2. The number of benzene rings is 2. The first-order valence-corrected chi connectivity index (χ1v) is 7.34. The van der Waals surface area contributed by atoms with Gasteiger partial charge in [0.1, 0.15) is 0 Å². The van der Waals surface area contributed by atoms with Gasteiger partial charge < -0.3 is 0 Å². The third-order valence-electron chi connectivity index (χ3n) is 3.22. The minimum absolute atomic E-state index is 0.206. The zero-order valence-corrected chi connectivity index (χ0v) is 13.1. The molecule has 0 atom stereocenters. The molecule has 2 aromatic carbocycles. The molecule has 0 bridgehead atoms. The minimum Gasteiger partial charge on any atom is -0.298 e. The van der Waals surface area contributed by atoms with Crippen LogP contribution in [0, 0.1) is 0 Å². The van der Waals surface area contributed by atoms with Crippen LogP contribution in [0.15, 0.2) is 53.1 Å². The van der Waals surface area contributed by atoms with Crippen molar-refractivity contribution in [1.82, 2.24) is 4.57 Å². The van der Waals surface area contributed by atoms with Crippen LogP contribution in [0.5, 0.6) is 0 Å². The highest BCUT2D eigenvalue weighted by Crippen LogP contribution is 2.32. The summed E-state index contributed by atoms with van der Waals surface area (Å²) >= 11 is 9.45. The summed E-state index contributed by atoms with van der Waals surface area (Å²) < 4.78 is 2.14. The van der Waals surface area contributed by atoms with Gasteiger partial charge in [0.2, 0.25) is 0 Å². The second-order valence-corrected chi connectivity index (χ2v) is 5.82. The average molecular weight is 363 g/mol. The SMILES string of the molecule is O=Cc1cn(C(=O)c2ccccc2)c2cc(Cl)cc(Br)c12. The first-order valence-electron chi connectivity index (χ1n) is 6.17. The summed E-state index contributed by atoms with van der Waals surface area (Å²) in [5, 5.41) is 1.17. The number of aldehydes is 1. The molecule has 104 valence electrons. The van der Waals surface area contributed by atoms with E-state index in [1.54, 1.807) is 36.4 Å². The molecule has 3 rings (SSSR count). The number of halogens is 2. The molecular formula is C16H9BrClNO2. The third-order valence-corrected chi connectivity index (χ3v) is 4.06. The van der Waals surface area contributed by atoms with Gasteiger partial charge in [-0.25, -0.2) is 0 Å². The molecule has 3 nitrogen and oxygen atoms in total. The van der Waals surface area contributed by atoms with Crippen LogP contribution in [0.25, 0.3) is 10.9 Å². The van der Waals surface area contributed by atoms with E-state index in [1.807, 2.05) is 6.07 Å². The summed E-state index contributed by atoms with van der Waals surface area (Å²) in [7, 11) is 0. The van der Waals surface area contributed by atoms with Gasteiger partial charge in [0, 0.05) is 32.2 Å². The van der Waals surface area contributed by atoms with Crippen LogP contribution in [0.1, 0.15) is 20.7 Å². The summed E-state index contributed by atoms with van der Waals surface area (Å²) in [6, 6.07) is 12.3. The fourth-order valence-corrected chi connectivity index (χ4v) is 3.31. The summed E-state index contributed by atoms with van der Waals surface area (Å²) in [4.78, 5) is 23.9. The van der Waals surface area contributed by atoms with Gasteiger partial charge in [-0.3, -0.25) is 14.2 Å². The Labute approximate surface area is 134 Å². The van der Waals surface area contributed by atoms with Crippen molar-refractivity contribution in [2.45, 2.75) is 0 Å². The number of fused-ring (bicyclic) bond motifs is 1. The van der Waals surface area contributed by atoms with Gasteiger partial charge in [0.05, 0.1) is 5.52 Å². The van der Waals surface area contributed by atoms with Gasteiger partial charge in [0.15, 0.2) is 6.29 Å². The van der Waals surface area contributed by atoms with Crippen molar-refractivity contribution in [1.29, 1.82) is 0 Å². The second kappa shape index (κ2) is 5.47. The molecule has 0 amide bonds. The highest BCUT2D eigenvalue weighted by molar-refractivity contribution is 9.10. The van der Waals surface area contributed by atoms with Crippen LogP contribution < -0.4 is 0 Å². The highest BCUT2D eigenvalue weighted by atomic mass is 79.9. The molecule has 1 heterocycles. The van der Waals surface area contributed by atoms with E-state index in [0.29, 0.717) is 31.5 Å². The largest absolute Gasteiger partial charge is 0.298 e. The lowest BCUT2D eigenvalue weighted by atomic mass is 10.2. The van der Waals surface area contributed by atoms with Crippen LogP contribution in [0.2, 0.25) is 5.02 Å². The van der Waals surface area contributed by atoms with Gasteiger partial charge in [0.25, 0.3) is 5.91 Å². The maximum absolute atomic E-state index is 12.6. The molecule has 0 unspecified atom stereocenters. The zero-order chi connectivity index (χ0) is 15.0. The van der Waals surface area contributed by atoms with E-state index in [4.69, 9.17) is 11.6 Å². The molecule has 0 aliphatic rings. The molecule has 0 aliphatic heterocycles. The number of carbonyl (C=O) groups excluding carboxylic acids is 2. The van der Waals surface area contributed by atoms with Crippen molar-refractivity contribution >= 4 is 50.6 Å². The predicted molar refractivity (Wildman–Crippen MR) is 86.2 cm³/mol. The Morgan fingerprint density at radius 3 is 2.57 bits per heavy atom. The van der Waals surface area contributed by atoms with Gasteiger partial charge >= 0.3 is 0 Å². The number of rotatable bonds is 2. The molecule has 0 saturated heterocycles. The lowest BCUT2D eigenvalue weighted by Crippen LogP contribution is -2.10. The lowest BCUT2D eigenvalue weighted by Gasteiger charge is -2.05. The van der Waals surface area contributed by atoms with Gasteiger partial charge in [-0.15, -0.1) is 0 Å². The highest BCUT2D eigenvalue weighted by Gasteiger charge is 2.17. The van der Waals surface area contributed by atoms with Crippen molar-refractivity contribution in [3.8, 4) is 0 Å². The van der Waals surface area contributed by atoms with Crippen molar-refractivity contribution in [2.75, 3.05) is 0 Å². The first kappa shape index (κ1) is 14.0. The molecule has 0 fully saturated rings. The number of nitrogens with zero attached hydrogens (tertiary/aromatic N) is 1. The Balaban J connectivity index is 2.29. The lowest BCUT2D eigenvalue weighted by molar-refractivity contribution is 0.0965. The van der Waals surface area contributed by atoms with Gasteiger partial charge in [-0.1, -0.05) is 45.7 Å². The number of hydrogen-bond acceptors (Lipinski definition) is 2. The summed E-state index contributed by atoms with van der Waals surface area (Å²) in [6.07, 6.45) is 2.27. The average Bonchev–Trinajstić information content (AvgIpc) is 2.86. The second-order valence-electron chi connectivity index (χ2n) is 4.53. The standard InChI is InChI=1S/C16H9BrClNO2/c17-13-6-12(18)7-14-15(13)11(9-20)8-19(14)16(21)10-4-2-1-3-5-10/h1-9H. The Kier molecular flexibility index (Phi) is 3.66. The van der Waals surface area contributed by atoms with Crippen LogP contribution in [0.3, 0.4) is 0 Å². The van der Waals surface area contributed by atoms with Gasteiger partial charge in [-0.2, -0.15) is 0 Å². The summed E-state index contributed by atoms with van der Waals surface area (Å²) in [6.45, 7) is 0. The number of aromatic nitrogens is 1. The Morgan fingerprint density at radius 2 is 1.90 bits per heavy atom. The van der Waals surface area contributed by atoms with Crippen molar-refractivity contribution in [3.63, 3.8) is 0 Å². The summed E-state index contributed by atoms with van der Waals surface area (Å²) in [5.41, 5.74) is 1.59. The van der Waals surface area contributed by atoms with E-state index in [-0.39, 0.29) is 5.91 Å².